The topological polar surface area (TPSA) is 9.23 Å². The normalized spacial score (nSPS) is 28.2. The second-order valence-corrected chi connectivity index (χ2v) is 5.65. The van der Waals surface area contributed by atoms with E-state index in [1.54, 1.807) is 0 Å². The lowest BCUT2D eigenvalue weighted by Crippen LogP contribution is -2.33. The molecule has 1 fully saturated rings. The van der Waals surface area contributed by atoms with Crippen molar-refractivity contribution in [3.05, 3.63) is 24.3 Å². The molecule has 1 aromatic carbocycles. The molecule has 0 aliphatic heterocycles. The highest BCUT2D eigenvalue weighted by atomic mass is 19.4. The highest BCUT2D eigenvalue weighted by Crippen LogP contribution is 2.31. The summed E-state index contributed by atoms with van der Waals surface area (Å²) in [5.74, 6) is 1.85. The molecule has 106 valence electrons. The van der Waals surface area contributed by atoms with Gasteiger partial charge in [-0.25, -0.2) is 0 Å². The van der Waals surface area contributed by atoms with Crippen LogP contribution in [0.25, 0.3) is 0 Å². The average molecular weight is 271 g/mol. The number of halogens is 3. The minimum absolute atomic E-state index is 0.133. The Hall–Kier alpha value is -1.13. The van der Waals surface area contributed by atoms with Crippen molar-refractivity contribution < 1.29 is 17.7 Å². The maximum atomic E-state index is 12.5. The van der Waals surface area contributed by atoms with E-state index >= 15 is 0 Å². The largest absolute Gasteiger partial charge is 0.509 e. The van der Waals surface area contributed by atoms with Gasteiger partial charge in [-0.15, -0.1) is 5.46 Å². The fourth-order valence-electron chi connectivity index (χ4n) is 2.56. The molecular weight excluding hydrogens is 252 g/mol. The van der Waals surface area contributed by atoms with E-state index in [1.807, 2.05) is 0 Å². The first-order valence-corrected chi connectivity index (χ1v) is 6.83. The van der Waals surface area contributed by atoms with Crippen molar-refractivity contribution in [2.75, 3.05) is 0 Å². The van der Waals surface area contributed by atoms with Gasteiger partial charge < -0.3 is 17.7 Å². The van der Waals surface area contributed by atoms with Crippen LogP contribution in [0, 0.1) is 11.8 Å². The molecule has 1 aromatic rings. The molecule has 1 nitrogen and oxygen atoms in total. The highest BCUT2D eigenvalue weighted by molar-refractivity contribution is 6.73. The van der Waals surface area contributed by atoms with E-state index in [2.05, 4.69) is 13.8 Å². The summed E-state index contributed by atoms with van der Waals surface area (Å²) in [7, 11) is 0. The lowest BCUT2D eigenvalue weighted by molar-refractivity contribution is 0.101. The average Bonchev–Trinajstić information content (AvgIpc) is 2.33. The summed E-state index contributed by atoms with van der Waals surface area (Å²) in [6, 6.07) is 5.05. The third-order valence-corrected chi connectivity index (χ3v) is 4.11. The van der Waals surface area contributed by atoms with Gasteiger partial charge in [0, 0.05) is 0 Å². The zero-order chi connectivity index (χ0) is 14.0. The van der Waals surface area contributed by atoms with Crippen LogP contribution in [0.5, 0.6) is 5.75 Å². The molecule has 1 aliphatic carbocycles. The van der Waals surface area contributed by atoms with Gasteiger partial charge in [0.1, 0.15) is 5.75 Å². The van der Waals surface area contributed by atoms with Gasteiger partial charge in [0.25, 0.3) is 0 Å². The van der Waals surface area contributed by atoms with E-state index in [0.29, 0.717) is 17.6 Å². The number of hydrogen-bond acceptors (Lipinski definition) is 1. The summed E-state index contributed by atoms with van der Waals surface area (Å²) in [6.07, 6.45) is 3.21. The molecule has 19 heavy (non-hydrogen) atoms. The molecule has 0 heterocycles. The van der Waals surface area contributed by atoms with Crippen LogP contribution in [0.1, 0.15) is 33.1 Å². The fourth-order valence-corrected chi connectivity index (χ4v) is 2.56. The third-order valence-electron chi connectivity index (χ3n) is 4.11. The molecule has 0 bridgehead atoms. The Kier molecular flexibility index (Phi) is 4.12. The monoisotopic (exact) mass is 271 g/mol. The Balaban J connectivity index is 1.97. The van der Waals surface area contributed by atoms with Gasteiger partial charge in [-0.2, -0.15) is 0 Å². The van der Waals surface area contributed by atoms with Crippen molar-refractivity contribution >= 4 is 12.4 Å². The smallest absolute Gasteiger partial charge is 0.490 e. The maximum Gasteiger partial charge on any atom is 0.509 e. The Bertz CT molecular complexity index is 416. The summed E-state index contributed by atoms with van der Waals surface area (Å²) in [5.41, 5.74) is -0.571. The highest BCUT2D eigenvalue weighted by Gasteiger charge is 2.27. The molecule has 0 radical (unpaired) electrons. The minimum Gasteiger partial charge on any atom is -0.490 e. The van der Waals surface area contributed by atoms with E-state index in [-0.39, 0.29) is 6.10 Å². The molecule has 1 aliphatic rings. The molecule has 0 N–H and O–H groups in total. The first-order valence-electron chi connectivity index (χ1n) is 6.83. The van der Waals surface area contributed by atoms with Gasteiger partial charge in [0.05, 0.1) is 6.10 Å². The minimum atomic E-state index is -4.91. The summed E-state index contributed by atoms with van der Waals surface area (Å²) < 4.78 is 43.3. The van der Waals surface area contributed by atoms with E-state index in [4.69, 9.17) is 4.74 Å². The summed E-state index contributed by atoms with van der Waals surface area (Å²) in [5, 5.41) is 0. The van der Waals surface area contributed by atoms with Gasteiger partial charge in [-0.3, -0.25) is 0 Å². The second-order valence-electron chi connectivity index (χ2n) is 5.65. The van der Waals surface area contributed by atoms with Gasteiger partial charge >= 0.3 is 6.98 Å². The lowest BCUT2D eigenvalue weighted by atomic mass is 9.80. The van der Waals surface area contributed by atoms with E-state index < -0.39 is 12.4 Å². The second kappa shape index (κ2) is 5.47. The van der Waals surface area contributed by atoms with E-state index in [0.717, 1.165) is 31.4 Å². The standard InChI is InChI=1S/C14H19BF3O/c1-10-3-6-14(9-11(10)2)19-13-7-4-12(5-8-13)15(16,17)18/h4-5,7-8,10-11,14H,3,6,9H2,1-2H3/q-1. The van der Waals surface area contributed by atoms with Crippen LogP contribution < -0.4 is 10.2 Å². The first-order chi connectivity index (χ1) is 8.86. The van der Waals surface area contributed by atoms with Crippen LogP contribution in [-0.4, -0.2) is 13.1 Å². The molecule has 3 unspecified atom stereocenters. The van der Waals surface area contributed by atoms with Gasteiger partial charge in [-0.1, -0.05) is 26.0 Å². The van der Waals surface area contributed by atoms with Crippen LogP contribution in [0.4, 0.5) is 12.9 Å². The van der Waals surface area contributed by atoms with Crippen molar-refractivity contribution in [2.45, 2.75) is 39.2 Å². The molecule has 1 saturated carbocycles. The van der Waals surface area contributed by atoms with Crippen molar-refractivity contribution in [2.24, 2.45) is 11.8 Å². The van der Waals surface area contributed by atoms with E-state index in [9.17, 15) is 12.9 Å². The van der Waals surface area contributed by atoms with Crippen LogP contribution in [0.15, 0.2) is 24.3 Å². The van der Waals surface area contributed by atoms with Crippen molar-refractivity contribution in [1.29, 1.82) is 0 Å². The Morgan fingerprint density at radius 2 is 1.63 bits per heavy atom. The van der Waals surface area contributed by atoms with Crippen molar-refractivity contribution in [3.63, 3.8) is 0 Å². The van der Waals surface area contributed by atoms with Crippen LogP contribution in [-0.2, 0) is 0 Å². The summed E-state index contributed by atoms with van der Waals surface area (Å²) in [4.78, 5) is 0. The summed E-state index contributed by atoms with van der Waals surface area (Å²) >= 11 is 0. The van der Waals surface area contributed by atoms with Crippen LogP contribution in [0.3, 0.4) is 0 Å². The van der Waals surface area contributed by atoms with Crippen molar-refractivity contribution in [3.8, 4) is 5.75 Å². The number of benzene rings is 1. The summed E-state index contributed by atoms with van der Waals surface area (Å²) in [6.45, 7) is -0.473. The van der Waals surface area contributed by atoms with Crippen LogP contribution in [0.2, 0.25) is 0 Å². The first kappa shape index (κ1) is 14.3. The van der Waals surface area contributed by atoms with Crippen LogP contribution >= 0.6 is 0 Å². The molecule has 3 atom stereocenters. The SMILES string of the molecule is CC1CCC(Oc2ccc([B-](F)(F)F)cc2)CC1C. The lowest BCUT2D eigenvalue weighted by Gasteiger charge is -2.32. The quantitative estimate of drug-likeness (QED) is 0.756. The molecule has 0 aromatic heterocycles. The maximum absolute atomic E-state index is 12.5. The Labute approximate surface area is 112 Å². The molecule has 0 amide bonds. The fraction of sp³-hybridized carbons (Fsp3) is 0.571. The molecule has 0 saturated heterocycles. The number of hydrogen-bond donors (Lipinski definition) is 0. The number of rotatable bonds is 3. The van der Waals surface area contributed by atoms with Gasteiger partial charge in [0.15, 0.2) is 0 Å². The third kappa shape index (κ3) is 3.67. The predicted molar refractivity (Wildman–Crippen MR) is 71.7 cm³/mol. The van der Waals surface area contributed by atoms with Gasteiger partial charge in [0.2, 0.25) is 0 Å². The predicted octanol–water partition coefficient (Wildman–Crippen LogP) is 3.94. The molecular formula is C14H19BF3O-. The zero-order valence-electron chi connectivity index (χ0n) is 11.3. The van der Waals surface area contributed by atoms with Crippen molar-refractivity contribution in [1.82, 2.24) is 0 Å². The molecule has 5 heteroatoms. The molecule has 0 spiro atoms. The van der Waals surface area contributed by atoms with Gasteiger partial charge in [-0.05, 0) is 43.2 Å². The molecule has 2 rings (SSSR count). The zero-order valence-corrected chi connectivity index (χ0v) is 11.3. The Morgan fingerprint density at radius 1 is 1.00 bits per heavy atom. The Morgan fingerprint density at radius 3 is 2.16 bits per heavy atom. The van der Waals surface area contributed by atoms with E-state index in [1.165, 1.54) is 12.1 Å². The number of ether oxygens (including phenoxy) is 1.